The van der Waals surface area contributed by atoms with Crippen LogP contribution in [0.3, 0.4) is 0 Å². The van der Waals surface area contributed by atoms with Gasteiger partial charge in [-0.1, -0.05) is 54.4 Å². The van der Waals surface area contributed by atoms with Crippen LogP contribution in [0.15, 0.2) is 0 Å². The van der Waals surface area contributed by atoms with Gasteiger partial charge in [-0.3, -0.25) is 34.6 Å². The summed E-state index contributed by atoms with van der Waals surface area (Å²) in [6.07, 6.45) is 0.360. The molecule has 4 N–H and O–H groups in total. The molecule has 11 nitrogen and oxygen atoms in total. The SMILES string of the molecule is CC[C@H](C)[C@H](NC(=O)[C@H]([C@@H](C)CC)N(C)C(C)=O)C(=O)NC(=O)[C@@H](N[C@@H](CC(C)C)C(=O)[C@@]1(C)CO1)[C@@H](C)O. The molecule has 0 aromatic heterocycles. The van der Waals surface area contributed by atoms with Crippen LogP contribution in [0.5, 0.6) is 0 Å². The highest BCUT2D eigenvalue weighted by Crippen LogP contribution is 2.30. The standard InChI is InChI=1S/C28H50N4O7/c1-11-16(5)21(30-27(38)23(17(6)12-2)32(10)19(8)34)25(36)31-26(37)22(18(7)33)29-20(13-15(3)4)24(35)28(9)14-39-28/h15-18,20-23,29,33H,11-14H2,1-10H3,(H,30,38)(H,31,36,37)/t16-,17-,18+,20-,21-,22-,23-,28+/m0/s1. The number of aliphatic hydroxyl groups is 1. The van der Waals surface area contributed by atoms with Crippen molar-refractivity contribution in [1.29, 1.82) is 0 Å². The Labute approximate surface area is 233 Å². The molecule has 0 unspecified atom stereocenters. The molecule has 1 saturated heterocycles. The minimum atomic E-state index is -1.26. The molecule has 1 aliphatic heterocycles. The summed E-state index contributed by atoms with van der Waals surface area (Å²) in [5.41, 5.74) is -0.923. The van der Waals surface area contributed by atoms with Gasteiger partial charge in [0.25, 0.3) is 0 Å². The van der Waals surface area contributed by atoms with Gasteiger partial charge in [-0.05, 0) is 38.0 Å². The summed E-state index contributed by atoms with van der Waals surface area (Å²) in [4.78, 5) is 66.3. The molecule has 0 radical (unpaired) electrons. The molecular formula is C28H50N4O7. The second-order valence-corrected chi connectivity index (χ2v) is 11.6. The van der Waals surface area contributed by atoms with Crippen molar-refractivity contribution in [2.24, 2.45) is 17.8 Å². The van der Waals surface area contributed by atoms with Gasteiger partial charge in [-0.25, -0.2) is 0 Å². The Morgan fingerprint density at radius 2 is 1.44 bits per heavy atom. The quantitative estimate of drug-likeness (QED) is 0.207. The first kappa shape index (κ1) is 34.7. The van der Waals surface area contributed by atoms with Gasteiger partial charge in [0.1, 0.15) is 23.7 Å². The first-order valence-corrected chi connectivity index (χ1v) is 14.0. The molecule has 0 bridgehead atoms. The smallest absolute Gasteiger partial charge is 0.249 e. The van der Waals surface area contributed by atoms with E-state index in [0.29, 0.717) is 25.9 Å². The van der Waals surface area contributed by atoms with Gasteiger partial charge < -0.3 is 20.1 Å². The number of likely N-dealkylation sites (N-methyl/N-ethyl adjacent to an activating group) is 1. The summed E-state index contributed by atoms with van der Waals surface area (Å²) < 4.78 is 5.30. The van der Waals surface area contributed by atoms with Crippen LogP contribution in [0.1, 0.15) is 81.6 Å². The fourth-order valence-corrected chi connectivity index (χ4v) is 4.44. The first-order chi connectivity index (χ1) is 18.0. The number of hydrogen-bond donors (Lipinski definition) is 4. The number of nitrogens with one attached hydrogen (secondary N) is 3. The highest BCUT2D eigenvalue weighted by atomic mass is 16.6. The van der Waals surface area contributed by atoms with E-state index in [1.165, 1.54) is 18.7 Å². The third kappa shape index (κ3) is 9.65. The topological polar surface area (TPSA) is 157 Å². The van der Waals surface area contributed by atoms with Crippen LogP contribution < -0.4 is 16.0 Å². The van der Waals surface area contributed by atoms with Crippen molar-refractivity contribution in [2.45, 2.75) is 117 Å². The predicted octanol–water partition coefficient (Wildman–Crippen LogP) is 1.16. The maximum absolute atomic E-state index is 13.3. The zero-order chi connectivity index (χ0) is 30.2. The first-order valence-electron chi connectivity index (χ1n) is 14.0. The number of ether oxygens (including phenoxy) is 1. The Morgan fingerprint density at radius 3 is 1.85 bits per heavy atom. The van der Waals surface area contributed by atoms with Crippen molar-refractivity contribution in [3.63, 3.8) is 0 Å². The van der Waals surface area contributed by atoms with E-state index in [4.69, 9.17) is 4.74 Å². The maximum atomic E-state index is 13.3. The molecule has 8 atom stereocenters. The summed E-state index contributed by atoms with van der Waals surface area (Å²) in [6.45, 7) is 16.0. The molecule has 0 saturated carbocycles. The van der Waals surface area contributed by atoms with Gasteiger partial charge in [0.2, 0.25) is 23.6 Å². The molecule has 0 aromatic carbocycles. The van der Waals surface area contributed by atoms with Crippen LogP contribution in [0, 0.1) is 17.8 Å². The van der Waals surface area contributed by atoms with E-state index in [-0.39, 0.29) is 29.4 Å². The van der Waals surface area contributed by atoms with Crippen molar-refractivity contribution >= 4 is 29.4 Å². The number of rotatable bonds is 16. The normalized spacial score (nSPS) is 22.1. The Kier molecular flexibility index (Phi) is 13.2. The Balaban J connectivity index is 3.13. The highest BCUT2D eigenvalue weighted by Gasteiger charge is 2.50. The van der Waals surface area contributed by atoms with Crippen LogP contribution >= 0.6 is 0 Å². The molecule has 1 rings (SSSR count). The van der Waals surface area contributed by atoms with E-state index in [1.807, 2.05) is 34.6 Å². The number of epoxide rings is 1. The minimum absolute atomic E-state index is 0.115. The fourth-order valence-electron chi connectivity index (χ4n) is 4.44. The Morgan fingerprint density at radius 1 is 0.923 bits per heavy atom. The van der Waals surface area contributed by atoms with Crippen LogP contribution in [-0.2, 0) is 28.7 Å². The van der Waals surface area contributed by atoms with Crippen molar-refractivity contribution in [1.82, 2.24) is 20.9 Å². The van der Waals surface area contributed by atoms with Gasteiger partial charge in [0.15, 0.2) is 5.78 Å². The number of aliphatic hydroxyl groups excluding tert-OH is 1. The number of hydrogen-bond acceptors (Lipinski definition) is 8. The summed E-state index contributed by atoms with van der Waals surface area (Å²) in [7, 11) is 1.54. The molecule has 0 aliphatic carbocycles. The van der Waals surface area contributed by atoms with E-state index in [0.717, 1.165) is 0 Å². The van der Waals surface area contributed by atoms with Gasteiger partial charge in [0, 0.05) is 14.0 Å². The molecule has 4 amide bonds. The van der Waals surface area contributed by atoms with E-state index < -0.39 is 53.6 Å². The Hall–Kier alpha value is -2.37. The average molecular weight is 555 g/mol. The molecule has 0 spiro atoms. The molecule has 1 aliphatic rings. The van der Waals surface area contributed by atoms with E-state index in [9.17, 15) is 29.1 Å². The maximum Gasteiger partial charge on any atom is 0.249 e. The molecule has 0 aromatic rings. The molecule has 1 heterocycles. The second kappa shape index (κ2) is 14.9. The van der Waals surface area contributed by atoms with Crippen LogP contribution in [0.4, 0.5) is 0 Å². The van der Waals surface area contributed by atoms with Crippen LogP contribution in [0.25, 0.3) is 0 Å². The molecule has 224 valence electrons. The zero-order valence-electron chi connectivity index (χ0n) is 25.3. The lowest BCUT2D eigenvalue weighted by atomic mass is 9.92. The molecule has 1 fully saturated rings. The van der Waals surface area contributed by atoms with Crippen LogP contribution in [0.2, 0.25) is 0 Å². The van der Waals surface area contributed by atoms with Crippen LogP contribution in [-0.4, -0.2) is 88.9 Å². The number of imide groups is 1. The van der Waals surface area contributed by atoms with Crippen molar-refractivity contribution in [3.8, 4) is 0 Å². The summed E-state index contributed by atoms with van der Waals surface area (Å²) in [6, 6.07) is -3.86. The third-order valence-corrected chi connectivity index (χ3v) is 7.67. The van der Waals surface area contributed by atoms with E-state index in [1.54, 1.807) is 20.9 Å². The molecule has 39 heavy (non-hydrogen) atoms. The van der Waals surface area contributed by atoms with Crippen molar-refractivity contribution in [3.05, 3.63) is 0 Å². The summed E-state index contributed by atoms with van der Waals surface area (Å²) >= 11 is 0. The number of amides is 4. The predicted molar refractivity (Wildman–Crippen MR) is 147 cm³/mol. The molecule has 11 heteroatoms. The number of carbonyl (C=O) groups is 5. The highest BCUT2D eigenvalue weighted by molar-refractivity contribution is 6.02. The molecular weight excluding hydrogens is 504 g/mol. The van der Waals surface area contributed by atoms with Crippen molar-refractivity contribution < 1.29 is 33.8 Å². The summed E-state index contributed by atoms with van der Waals surface area (Å²) in [5.74, 6) is -2.90. The van der Waals surface area contributed by atoms with Crippen molar-refractivity contribution in [2.75, 3.05) is 13.7 Å². The lowest BCUT2D eigenvalue weighted by molar-refractivity contribution is -0.142. The second-order valence-electron chi connectivity index (χ2n) is 11.6. The Bertz CT molecular complexity index is 887. The number of nitrogens with zero attached hydrogens (tertiary/aromatic N) is 1. The fraction of sp³-hybridized carbons (Fsp3) is 0.821. The monoisotopic (exact) mass is 554 g/mol. The van der Waals surface area contributed by atoms with Gasteiger partial charge in [0.05, 0.1) is 18.8 Å². The van der Waals surface area contributed by atoms with Gasteiger partial charge in [-0.2, -0.15) is 0 Å². The summed E-state index contributed by atoms with van der Waals surface area (Å²) in [5, 5.41) is 18.4. The lowest BCUT2D eigenvalue weighted by Gasteiger charge is -2.33. The van der Waals surface area contributed by atoms with E-state index in [2.05, 4.69) is 16.0 Å². The number of Topliss-reactive ketones (excluding diaryl/α,β-unsaturated/α-hetero) is 1. The largest absolute Gasteiger partial charge is 0.391 e. The van der Waals surface area contributed by atoms with Gasteiger partial charge >= 0.3 is 0 Å². The third-order valence-electron chi connectivity index (χ3n) is 7.67. The average Bonchev–Trinajstić information content (AvgIpc) is 3.61. The zero-order valence-corrected chi connectivity index (χ0v) is 25.3. The van der Waals surface area contributed by atoms with Gasteiger partial charge in [-0.15, -0.1) is 0 Å². The number of ketones is 1. The minimum Gasteiger partial charge on any atom is -0.391 e. The number of carbonyl (C=O) groups excluding carboxylic acids is 5. The van der Waals surface area contributed by atoms with E-state index >= 15 is 0 Å². The lowest BCUT2D eigenvalue weighted by Crippen LogP contribution is -2.61.